The molecule has 3 heterocycles. The first-order valence-corrected chi connectivity index (χ1v) is 9.99. The number of aromatic nitrogens is 3. The number of carbonyl (C=O) groups is 1. The number of carbonyl (C=O) groups excluding carboxylic acids is 1. The van der Waals surface area contributed by atoms with E-state index in [4.69, 9.17) is 9.47 Å². The van der Waals surface area contributed by atoms with E-state index in [-0.39, 0.29) is 38.7 Å². The monoisotopic (exact) mass is 451 g/mol. The minimum atomic E-state index is -0.566. The van der Waals surface area contributed by atoms with Crippen molar-refractivity contribution in [2.45, 2.75) is 25.4 Å². The summed E-state index contributed by atoms with van der Waals surface area (Å²) in [6.07, 6.45) is 2.98. The van der Waals surface area contributed by atoms with E-state index in [9.17, 15) is 10.1 Å². The van der Waals surface area contributed by atoms with Crippen LogP contribution in [0.15, 0.2) is 42.7 Å². The molecule has 0 aliphatic carbocycles. The largest absolute Gasteiger partial charge is 0.473 e. The van der Waals surface area contributed by atoms with Crippen molar-refractivity contribution >= 4 is 30.4 Å². The molecule has 8 nitrogen and oxygen atoms in total. The maximum Gasteiger partial charge on any atom is 0.248 e. The Morgan fingerprint density at radius 2 is 1.97 bits per heavy atom. The maximum absolute atomic E-state index is 11.6. The predicted octanol–water partition coefficient (Wildman–Crippen LogP) is 2.84. The first-order valence-electron chi connectivity index (χ1n) is 9.99. The third-order valence-electron chi connectivity index (χ3n) is 5.36. The summed E-state index contributed by atoms with van der Waals surface area (Å²) in [5.41, 5.74) is 3.18. The normalized spacial score (nSPS) is 16.4. The highest BCUT2D eigenvalue weighted by Crippen LogP contribution is 2.29. The van der Waals surface area contributed by atoms with Gasteiger partial charge in [0.25, 0.3) is 0 Å². The van der Waals surface area contributed by atoms with Crippen molar-refractivity contribution in [2.24, 2.45) is 0 Å². The number of morpholine rings is 1. The van der Waals surface area contributed by atoms with Gasteiger partial charge < -0.3 is 14.4 Å². The van der Waals surface area contributed by atoms with E-state index < -0.39 is 5.41 Å². The number of benzene rings is 1. The van der Waals surface area contributed by atoms with Crippen LogP contribution < -0.4 is 4.74 Å². The Morgan fingerprint density at radius 3 is 2.66 bits per heavy atom. The first-order chi connectivity index (χ1) is 14.9. The van der Waals surface area contributed by atoms with Crippen LogP contribution in [0.25, 0.3) is 22.3 Å². The molecule has 0 N–H and O–H groups in total. The van der Waals surface area contributed by atoms with Crippen molar-refractivity contribution in [2.75, 3.05) is 26.8 Å². The lowest BCUT2D eigenvalue weighted by Gasteiger charge is -2.29. The molecule has 0 bridgehead atoms. The van der Waals surface area contributed by atoms with Crippen molar-refractivity contribution in [1.82, 2.24) is 19.9 Å². The van der Waals surface area contributed by atoms with Gasteiger partial charge in [0.2, 0.25) is 11.8 Å². The molecule has 0 radical (unpaired) electrons. The molecule has 1 saturated heterocycles. The number of rotatable bonds is 5. The molecular weight excluding hydrogens is 426 g/mol. The van der Waals surface area contributed by atoms with Gasteiger partial charge in [0.15, 0.2) is 5.52 Å². The molecule has 166 valence electrons. The number of hydrogen-bond donors (Lipinski definition) is 0. The fourth-order valence-electron chi connectivity index (χ4n) is 3.35. The number of amides is 1. The quantitative estimate of drug-likeness (QED) is 0.588. The molecule has 0 unspecified atom stereocenters. The highest BCUT2D eigenvalue weighted by atomic mass is 32.1. The number of hydrogen-bond acceptors (Lipinski definition) is 7. The molecule has 0 saturated carbocycles. The summed E-state index contributed by atoms with van der Waals surface area (Å²) in [4.78, 5) is 26.7. The lowest BCUT2D eigenvalue weighted by molar-refractivity contribution is -0.148. The summed E-state index contributed by atoms with van der Waals surface area (Å²) in [7, 11) is 1.74. The minimum Gasteiger partial charge on any atom is -0.473 e. The second-order valence-corrected chi connectivity index (χ2v) is 8.07. The maximum atomic E-state index is 11.6. The average Bonchev–Trinajstić information content (AvgIpc) is 2.79. The van der Waals surface area contributed by atoms with E-state index in [2.05, 4.69) is 21.0 Å². The van der Waals surface area contributed by atoms with Gasteiger partial charge in [0.1, 0.15) is 19.3 Å². The van der Waals surface area contributed by atoms with Gasteiger partial charge in [-0.05, 0) is 25.5 Å². The van der Waals surface area contributed by atoms with E-state index in [1.165, 1.54) is 0 Å². The number of nitrogens with zero attached hydrogens (tertiary/aromatic N) is 5. The molecule has 1 amide bonds. The Bertz CT molecular complexity index is 1160. The summed E-state index contributed by atoms with van der Waals surface area (Å²) in [6.45, 7) is 4.52. The van der Waals surface area contributed by atoms with Gasteiger partial charge in [0, 0.05) is 31.5 Å². The molecule has 3 aromatic rings. The third-order valence-corrected chi connectivity index (χ3v) is 5.36. The van der Waals surface area contributed by atoms with Crippen LogP contribution >= 0.6 is 13.5 Å². The second-order valence-electron chi connectivity index (χ2n) is 8.07. The third kappa shape index (κ3) is 4.82. The lowest BCUT2D eigenvalue weighted by atomic mass is 9.86. The van der Waals surface area contributed by atoms with Crippen molar-refractivity contribution in [3.8, 4) is 23.2 Å². The summed E-state index contributed by atoms with van der Waals surface area (Å²) < 4.78 is 11.5. The van der Waals surface area contributed by atoms with Crippen molar-refractivity contribution < 1.29 is 14.3 Å². The standard InChI is InChI=1S/C23H23N5O3.H2S/c1-23(2,14-24)16-6-4-15(5-7-16)18-10-19-21(26-9-8-25-19)22(27-18)31-12-17-11-28(3)20(29)13-30-17;/h4-10,17H,11-13H2,1-3H3;1H2/t17-;/m0./s1. The van der Waals surface area contributed by atoms with Crippen molar-refractivity contribution in [1.29, 1.82) is 5.26 Å². The van der Waals surface area contributed by atoms with Crippen LogP contribution in [0.4, 0.5) is 0 Å². The number of fused-ring (bicyclic) bond motifs is 1. The highest BCUT2D eigenvalue weighted by molar-refractivity contribution is 7.59. The molecule has 1 aromatic carbocycles. The lowest BCUT2D eigenvalue weighted by Crippen LogP contribution is -2.46. The van der Waals surface area contributed by atoms with Crippen LogP contribution in [0.2, 0.25) is 0 Å². The van der Waals surface area contributed by atoms with Gasteiger partial charge in [-0.2, -0.15) is 18.8 Å². The van der Waals surface area contributed by atoms with Gasteiger partial charge in [-0.1, -0.05) is 24.3 Å². The fraction of sp³-hybridized carbons (Fsp3) is 0.348. The minimum absolute atomic E-state index is 0. The predicted molar refractivity (Wildman–Crippen MR) is 125 cm³/mol. The molecule has 2 aromatic heterocycles. The van der Waals surface area contributed by atoms with Gasteiger partial charge in [-0.15, -0.1) is 0 Å². The molecule has 4 rings (SSSR count). The summed E-state index contributed by atoms with van der Waals surface area (Å²) in [5, 5.41) is 9.36. The Kier molecular flexibility index (Phi) is 6.96. The Hall–Kier alpha value is -3.22. The Morgan fingerprint density at radius 1 is 1.25 bits per heavy atom. The smallest absolute Gasteiger partial charge is 0.248 e. The average molecular weight is 452 g/mol. The number of ether oxygens (including phenoxy) is 2. The summed E-state index contributed by atoms with van der Waals surface area (Å²) in [5.74, 6) is 0.320. The molecule has 1 aliphatic heterocycles. The Labute approximate surface area is 193 Å². The zero-order valence-corrected chi connectivity index (χ0v) is 19.2. The van der Waals surface area contributed by atoms with Crippen LogP contribution in [0, 0.1) is 11.3 Å². The van der Waals surface area contributed by atoms with Gasteiger partial charge in [-0.3, -0.25) is 9.78 Å². The van der Waals surface area contributed by atoms with E-state index in [1.807, 2.05) is 44.2 Å². The highest BCUT2D eigenvalue weighted by Gasteiger charge is 2.25. The Balaban J connectivity index is 0.00000289. The number of pyridine rings is 1. The molecule has 1 aliphatic rings. The zero-order valence-electron chi connectivity index (χ0n) is 18.2. The van der Waals surface area contributed by atoms with Crippen LogP contribution in [0.1, 0.15) is 19.4 Å². The van der Waals surface area contributed by atoms with E-state index in [1.54, 1.807) is 24.3 Å². The molecule has 1 fully saturated rings. The van der Waals surface area contributed by atoms with Crippen LogP contribution in [-0.2, 0) is 14.9 Å². The van der Waals surface area contributed by atoms with Crippen molar-refractivity contribution in [3.63, 3.8) is 0 Å². The van der Waals surface area contributed by atoms with Gasteiger partial charge in [-0.25, -0.2) is 9.97 Å². The van der Waals surface area contributed by atoms with E-state index >= 15 is 0 Å². The molecule has 9 heteroatoms. The first kappa shape index (κ1) is 23.4. The number of nitriles is 1. The molecular formula is C23H25N5O3S. The second kappa shape index (κ2) is 9.51. The molecule has 32 heavy (non-hydrogen) atoms. The molecule has 1 atom stereocenters. The van der Waals surface area contributed by atoms with E-state index in [0.717, 1.165) is 11.1 Å². The van der Waals surface area contributed by atoms with Crippen LogP contribution in [0.5, 0.6) is 5.88 Å². The molecule has 0 spiro atoms. The SMILES string of the molecule is CN1C[C@@H](COc2nc(-c3ccc(C(C)(C)C#N)cc3)cc3nccnc23)OCC1=O.S. The van der Waals surface area contributed by atoms with Crippen LogP contribution in [0.3, 0.4) is 0 Å². The topological polar surface area (TPSA) is 101 Å². The van der Waals surface area contributed by atoms with Gasteiger partial charge >= 0.3 is 0 Å². The van der Waals surface area contributed by atoms with E-state index in [0.29, 0.717) is 29.2 Å². The fourth-order valence-corrected chi connectivity index (χ4v) is 3.35. The van der Waals surface area contributed by atoms with Crippen molar-refractivity contribution in [3.05, 3.63) is 48.3 Å². The summed E-state index contributed by atoms with van der Waals surface area (Å²) in [6, 6.07) is 11.9. The number of likely N-dealkylation sites (N-methyl/N-ethyl adjacent to an activating group) is 1. The van der Waals surface area contributed by atoms with Crippen LogP contribution in [-0.4, -0.2) is 58.7 Å². The summed E-state index contributed by atoms with van der Waals surface area (Å²) >= 11 is 0. The van der Waals surface area contributed by atoms with Gasteiger partial charge in [0.05, 0.1) is 22.7 Å². The zero-order chi connectivity index (χ0) is 22.0.